The average molecular weight is 235 g/mol. The summed E-state index contributed by atoms with van der Waals surface area (Å²) in [5.41, 5.74) is 2.24. The van der Waals surface area contributed by atoms with Crippen LogP contribution in [0.15, 0.2) is 22.7 Å². The highest BCUT2D eigenvalue weighted by atomic mass is 19.2. The highest BCUT2D eigenvalue weighted by Crippen LogP contribution is 2.35. The van der Waals surface area contributed by atoms with Crippen LogP contribution in [0.4, 0.5) is 8.78 Å². The number of nitrogens with zero attached hydrogens (tertiary/aromatic N) is 1. The predicted molar refractivity (Wildman–Crippen MR) is 62.3 cm³/mol. The number of hydrogen-bond donors (Lipinski definition) is 0. The van der Waals surface area contributed by atoms with E-state index in [1.807, 2.05) is 0 Å². The Balaban J connectivity index is 2.66. The van der Waals surface area contributed by atoms with Crippen LogP contribution in [0.5, 0.6) is 0 Å². The summed E-state index contributed by atoms with van der Waals surface area (Å²) in [5, 5.41) is 0. The minimum absolute atomic E-state index is 0.177. The van der Waals surface area contributed by atoms with E-state index < -0.39 is 11.6 Å². The molecule has 0 heterocycles. The van der Waals surface area contributed by atoms with Gasteiger partial charge in [0, 0.05) is 25.2 Å². The second kappa shape index (κ2) is 4.20. The molecular formula is C13H11F2NO. The van der Waals surface area contributed by atoms with Gasteiger partial charge in [-0.25, -0.2) is 8.78 Å². The van der Waals surface area contributed by atoms with Crippen LogP contribution < -0.4 is 0 Å². The van der Waals surface area contributed by atoms with Crippen LogP contribution >= 0.6 is 0 Å². The van der Waals surface area contributed by atoms with Crippen LogP contribution in [0.1, 0.15) is 29.3 Å². The number of carbonyl (C=O) groups excluding carboxylic acids is 1. The van der Waals surface area contributed by atoms with E-state index in [4.69, 9.17) is 0 Å². The smallest absolute Gasteiger partial charge is 0.167 e. The lowest BCUT2D eigenvalue weighted by molar-refractivity contribution is 0.100. The molecule has 0 aromatic heterocycles. The molecule has 2 rings (SSSR count). The number of Topliss-reactive ketones (excluding diaryl/α,β-unsaturated/α-hetero) is 1. The van der Waals surface area contributed by atoms with Crippen molar-refractivity contribution >= 4 is 17.6 Å². The summed E-state index contributed by atoms with van der Waals surface area (Å²) in [5.74, 6) is -2.10. The van der Waals surface area contributed by atoms with E-state index in [9.17, 15) is 13.6 Å². The first-order chi connectivity index (χ1) is 8.04. The fourth-order valence-electron chi connectivity index (χ4n) is 2.00. The summed E-state index contributed by atoms with van der Waals surface area (Å²) in [6.45, 7) is 1.80. The summed E-state index contributed by atoms with van der Waals surface area (Å²) >= 11 is 0. The Labute approximate surface area is 97.7 Å². The number of aliphatic imine (C=N–C) groups is 1. The molecule has 0 bridgehead atoms. The minimum atomic E-state index is -0.986. The van der Waals surface area contributed by atoms with Crippen LogP contribution in [-0.2, 0) is 0 Å². The van der Waals surface area contributed by atoms with Crippen LogP contribution in [0, 0.1) is 11.6 Å². The Bertz CT molecular complexity index is 559. The molecule has 0 amide bonds. The molecule has 1 aliphatic carbocycles. The largest absolute Gasteiger partial charge is 0.296 e. The molecule has 17 heavy (non-hydrogen) atoms. The lowest BCUT2D eigenvalue weighted by atomic mass is 10.0. The van der Waals surface area contributed by atoms with Gasteiger partial charge in [-0.2, -0.15) is 0 Å². The fraction of sp³-hybridized carbons (Fsp3) is 0.231. The van der Waals surface area contributed by atoms with Crippen LogP contribution in [-0.4, -0.2) is 19.0 Å². The molecule has 0 N–H and O–H groups in total. The second-order valence-electron chi connectivity index (χ2n) is 3.96. The van der Waals surface area contributed by atoms with Gasteiger partial charge in [0.25, 0.3) is 0 Å². The molecule has 0 aliphatic heterocycles. The number of halogens is 2. The number of fused-ring (bicyclic) bond motifs is 1. The van der Waals surface area contributed by atoms with E-state index in [-0.39, 0.29) is 17.8 Å². The standard InChI is InChI=1S/C13H11F2NO/c1-7(6-16-2)8-5-13(17)10-4-12(15)11(14)3-9(8)10/h3-4,6H,5H2,1-2H3/b8-7+,16-6-. The number of allylic oxidation sites excluding steroid dienone is 2. The molecule has 0 atom stereocenters. The zero-order valence-electron chi connectivity index (χ0n) is 9.55. The van der Waals surface area contributed by atoms with Gasteiger partial charge in [-0.05, 0) is 35.8 Å². The number of hydrogen-bond acceptors (Lipinski definition) is 2. The van der Waals surface area contributed by atoms with Crippen molar-refractivity contribution < 1.29 is 13.6 Å². The normalized spacial score (nSPS) is 17.8. The van der Waals surface area contributed by atoms with Crippen molar-refractivity contribution in [2.45, 2.75) is 13.3 Å². The van der Waals surface area contributed by atoms with E-state index >= 15 is 0 Å². The van der Waals surface area contributed by atoms with Gasteiger partial charge in [0.1, 0.15) is 0 Å². The van der Waals surface area contributed by atoms with Crippen LogP contribution in [0.2, 0.25) is 0 Å². The van der Waals surface area contributed by atoms with Crippen molar-refractivity contribution in [1.29, 1.82) is 0 Å². The first-order valence-corrected chi connectivity index (χ1v) is 5.19. The van der Waals surface area contributed by atoms with E-state index in [0.717, 1.165) is 23.3 Å². The highest BCUT2D eigenvalue weighted by Gasteiger charge is 2.27. The Kier molecular flexibility index (Phi) is 2.88. The summed E-state index contributed by atoms with van der Waals surface area (Å²) in [4.78, 5) is 15.5. The summed E-state index contributed by atoms with van der Waals surface area (Å²) < 4.78 is 26.2. The maximum Gasteiger partial charge on any atom is 0.167 e. The molecule has 1 aromatic rings. The average Bonchev–Trinajstić information content (AvgIpc) is 2.58. The minimum Gasteiger partial charge on any atom is -0.296 e. The summed E-state index contributed by atoms with van der Waals surface area (Å²) in [6, 6.07) is 2.05. The molecular weight excluding hydrogens is 224 g/mol. The molecule has 88 valence electrons. The molecule has 1 aliphatic rings. The highest BCUT2D eigenvalue weighted by molar-refractivity contribution is 6.14. The predicted octanol–water partition coefficient (Wildman–Crippen LogP) is 3.03. The maximum atomic E-state index is 13.2. The Hall–Kier alpha value is -1.84. The van der Waals surface area contributed by atoms with Crippen molar-refractivity contribution in [3.05, 3.63) is 40.5 Å². The van der Waals surface area contributed by atoms with Crippen molar-refractivity contribution in [2.24, 2.45) is 4.99 Å². The van der Waals surface area contributed by atoms with Crippen LogP contribution in [0.3, 0.4) is 0 Å². The van der Waals surface area contributed by atoms with Gasteiger partial charge in [-0.3, -0.25) is 9.79 Å². The zero-order chi connectivity index (χ0) is 12.6. The van der Waals surface area contributed by atoms with E-state index in [1.54, 1.807) is 20.2 Å². The molecule has 0 saturated heterocycles. The van der Waals surface area contributed by atoms with Crippen molar-refractivity contribution in [3.8, 4) is 0 Å². The number of benzene rings is 1. The molecule has 0 radical (unpaired) electrons. The van der Waals surface area contributed by atoms with Gasteiger partial charge < -0.3 is 0 Å². The lowest BCUT2D eigenvalue weighted by Gasteiger charge is -2.03. The zero-order valence-corrected chi connectivity index (χ0v) is 9.55. The summed E-state index contributed by atoms with van der Waals surface area (Å²) in [6.07, 6.45) is 1.79. The number of rotatable bonds is 1. The van der Waals surface area contributed by atoms with Gasteiger partial charge in [-0.1, -0.05) is 0 Å². The monoisotopic (exact) mass is 235 g/mol. The van der Waals surface area contributed by atoms with Gasteiger partial charge in [0.2, 0.25) is 0 Å². The third kappa shape index (κ3) is 1.90. The lowest BCUT2D eigenvalue weighted by Crippen LogP contribution is -1.94. The van der Waals surface area contributed by atoms with E-state index in [1.165, 1.54) is 0 Å². The second-order valence-corrected chi connectivity index (χ2v) is 3.96. The van der Waals surface area contributed by atoms with Gasteiger partial charge in [0.05, 0.1) is 0 Å². The number of carbonyl (C=O) groups is 1. The van der Waals surface area contributed by atoms with Crippen LogP contribution in [0.25, 0.3) is 5.57 Å². The SMILES string of the molecule is C/N=C\C(C)=C1/CC(=O)c2cc(F)c(F)cc21. The topological polar surface area (TPSA) is 29.4 Å². The Morgan fingerprint density at radius 3 is 2.47 bits per heavy atom. The fourth-order valence-corrected chi connectivity index (χ4v) is 2.00. The first kappa shape index (κ1) is 11.6. The van der Waals surface area contributed by atoms with E-state index in [0.29, 0.717) is 5.56 Å². The van der Waals surface area contributed by atoms with Gasteiger partial charge in [-0.15, -0.1) is 0 Å². The quantitative estimate of drug-likeness (QED) is 0.688. The Morgan fingerprint density at radius 2 is 1.88 bits per heavy atom. The first-order valence-electron chi connectivity index (χ1n) is 5.19. The summed E-state index contributed by atoms with van der Waals surface area (Å²) in [7, 11) is 1.62. The van der Waals surface area contributed by atoms with Crippen molar-refractivity contribution in [2.75, 3.05) is 7.05 Å². The van der Waals surface area contributed by atoms with Crippen molar-refractivity contribution in [3.63, 3.8) is 0 Å². The van der Waals surface area contributed by atoms with Gasteiger partial charge in [0.15, 0.2) is 17.4 Å². The third-order valence-corrected chi connectivity index (χ3v) is 2.82. The number of ketones is 1. The molecule has 4 heteroatoms. The molecule has 0 unspecified atom stereocenters. The van der Waals surface area contributed by atoms with Crippen molar-refractivity contribution in [1.82, 2.24) is 0 Å². The molecule has 0 spiro atoms. The third-order valence-electron chi connectivity index (χ3n) is 2.82. The molecule has 1 aromatic carbocycles. The molecule has 0 fully saturated rings. The van der Waals surface area contributed by atoms with E-state index in [2.05, 4.69) is 4.99 Å². The maximum absolute atomic E-state index is 13.2. The Morgan fingerprint density at radius 1 is 1.29 bits per heavy atom. The molecule has 0 saturated carbocycles. The van der Waals surface area contributed by atoms with Gasteiger partial charge >= 0.3 is 0 Å². The molecule has 2 nitrogen and oxygen atoms in total.